The number of hydrogen-bond donors (Lipinski definition) is 3. The molecular formula is C21H30N2O8. The average Bonchev–Trinajstić information content (AvgIpc) is 2.74. The molecule has 1 heterocycles. The van der Waals surface area contributed by atoms with Gasteiger partial charge in [0.15, 0.2) is 0 Å². The maximum atomic E-state index is 12.0. The number of carboxylic acid groups (broad SMARTS) is 2. The summed E-state index contributed by atoms with van der Waals surface area (Å²) in [5.74, 6) is -1.43. The number of hydrogen-bond acceptors (Lipinski definition) is 7. The predicted molar refractivity (Wildman–Crippen MR) is 110 cm³/mol. The molecule has 1 amide bonds. The smallest absolute Gasteiger partial charge is 0.328 e. The van der Waals surface area contributed by atoms with Gasteiger partial charge in [-0.05, 0) is 32.1 Å². The number of carbonyl (C=O) groups excluding carboxylic acids is 2. The first kappa shape index (κ1) is 25.9. The van der Waals surface area contributed by atoms with Crippen LogP contribution in [0.2, 0.25) is 0 Å². The van der Waals surface area contributed by atoms with E-state index >= 15 is 0 Å². The van der Waals surface area contributed by atoms with E-state index in [1.807, 2.05) is 19.1 Å². The number of carbonyl (C=O) groups is 3. The third-order valence-electron chi connectivity index (χ3n) is 4.08. The van der Waals surface area contributed by atoms with Gasteiger partial charge in [0.1, 0.15) is 37.4 Å². The van der Waals surface area contributed by atoms with Gasteiger partial charge in [-0.2, -0.15) is 0 Å². The summed E-state index contributed by atoms with van der Waals surface area (Å²) in [6.45, 7) is 7.91. The first-order chi connectivity index (χ1) is 14.6. The van der Waals surface area contributed by atoms with Crippen molar-refractivity contribution in [3.8, 4) is 11.5 Å². The minimum Gasteiger partial charge on any atom is -0.545 e. The molecule has 4 N–H and O–H groups in total. The molecule has 0 radical (unpaired) electrons. The standard InChI is InChI=1S/C17H26N2O4.C4H4O4/c1-4-17(21)19-7-8-22-16-9-14(5-6-15(16)19)23-11-13(20)10-18-12(2)3;5-3(6)1-2-4(7)8/h5-6,9,12-13,18,20H,4,7-8,10-11H2,1-3H3;1-2H,(H,5,6)(H,7,8)/b;2-1+. The van der Waals surface area contributed by atoms with Gasteiger partial charge in [-0.25, -0.2) is 4.79 Å². The van der Waals surface area contributed by atoms with E-state index in [1.54, 1.807) is 11.0 Å². The molecule has 0 fully saturated rings. The molecule has 1 aromatic carbocycles. The van der Waals surface area contributed by atoms with Gasteiger partial charge in [0.05, 0.1) is 24.2 Å². The highest BCUT2D eigenvalue weighted by Gasteiger charge is 2.23. The molecule has 1 aliphatic rings. The van der Waals surface area contributed by atoms with Crippen molar-refractivity contribution in [2.75, 3.05) is 31.2 Å². The number of amides is 1. The maximum absolute atomic E-state index is 12.0. The van der Waals surface area contributed by atoms with E-state index in [0.717, 1.165) is 5.69 Å². The zero-order valence-corrected chi connectivity index (χ0v) is 17.9. The quantitative estimate of drug-likeness (QED) is 0.411. The molecule has 172 valence electrons. The molecule has 0 saturated carbocycles. The predicted octanol–water partition coefficient (Wildman–Crippen LogP) is -1.09. The van der Waals surface area contributed by atoms with Crippen LogP contribution < -0.4 is 24.8 Å². The van der Waals surface area contributed by atoms with E-state index < -0.39 is 18.0 Å². The van der Waals surface area contributed by atoms with Crippen LogP contribution in [0.3, 0.4) is 0 Å². The molecule has 0 saturated heterocycles. The number of nitrogens with two attached hydrogens (primary N) is 1. The third kappa shape index (κ3) is 9.96. The van der Waals surface area contributed by atoms with E-state index in [0.29, 0.717) is 55.8 Å². The molecule has 1 atom stereocenters. The largest absolute Gasteiger partial charge is 0.545 e. The summed E-state index contributed by atoms with van der Waals surface area (Å²) < 4.78 is 11.3. The molecule has 1 aromatic rings. The van der Waals surface area contributed by atoms with Crippen molar-refractivity contribution in [2.45, 2.75) is 39.3 Å². The molecule has 1 unspecified atom stereocenters. The lowest BCUT2D eigenvalue weighted by Crippen LogP contribution is -2.90. The Hall–Kier alpha value is -3.11. The van der Waals surface area contributed by atoms with Crippen molar-refractivity contribution in [1.82, 2.24) is 0 Å². The first-order valence-corrected chi connectivity index (χ1v) is 9.97. The van der Waals surface area contributed by atoms with Gasteiger partial charge < -0.3 is 39.8 Å². The number of rotatable bonds is 9. The van der Waals surface area contributed by atoms with Gasteiger partial charge >= 0.3 is 5.97 Å². The Morgan fingerprint density at radius 2 is 2.03 bits per heavy atom. The molecule has 10 nitrogen and oxygen atoms in total. The van der Waals surface area contributed by atoms with Gasteiger partial charge in [-0.15, -0.1) is 0 Å². The molecule has 0 aromatic heterocycles. The van der Waals surface area contributed by atoms with Crippen LogP contribution >= 0.6 is 0 Å². The highest BCUT2D eigenvalue weighted by molar-refractivity contribution is 5.95. The van der Waals surface area contributed by atoms with Gasteiger partial charge in [0.2, 0.25) is 5.91 Å². The number of aliphatic hydroxyl groups excluding tert-OH is 1. The fourth-order valence-electron chi connectivity index (χ4n) is 2.57. The van der Waals surface area contributed by atoms with Crippen LogP contribution in [0, 0.1) is 0 Å². The lowest BCUT2D eigenvalue weighted by Gasteiger charge is -2.29. The number of aliphatic hydroxyl groups is 1. The molecular weight excluding hydrogens is 408 g/mol. The fourth-order valence-corrected chi connectivity index (χ4v) is 2.57. The summed E-state index contributed by atoms with van der Waals surface area (Å²) in [5.41, 5.74) is 0.782. The summed E-state index contributed by atoms with van der Waals surface area (Å²) in [4.78, 5) is 32.7. The Morgan fingerprint density at radius 3 is 2.58 bits per heavy atom. The third-order valence-corrected chi connectivity index (χ3v) is 4.08. The average molecular weight is 438 g/mol. The highest BCUT2D eigenvalue weighted by atomic mass is 16.5. The minimum absolute atomic E-state index is 0.0860. The number of fused-ring (bicyclic) bond motifs is 1. The summed E-state index contributed by atoms with van der Waals surface area (Å²) in [7, 11) is 0. The van der Waals surface area contributed by atoms with Crippen molar-refractivity contribution in [3.05, 3.63) is 30.4 Å². The summed E-state index contributed by atoms with van der Waals surface area (Å²) in [6.07, 6.45) is 0.890. The normalized spacial score (nSPS) is 13.6. The topological polar surface area (TPSA) is 153 Å². The fraction of sp³-hybridized carbons (Fsp3) is 0.476. The SMILES string of the molecule is CCC(=O)N1CCOc2cc(OCC(O)C[NH2+]C(C)C)ccc21.O=C([O-])/C=C/C(=O)O. The molecule has 0 spiro atoms. The molecule has 1 aliphatic heterocycles. The zero-order chi connectivity index (χ0) is 23.4. The molecule has 10 heteroatoms. The van der Waals surface area contributed by atoms with E-state index in [1.165, 1.54) is 0 Å². The van der Waals surface area contributed by atoms with Crippen LogP contribution in [0.1, 0.15) is 27.2 Å². The van der Waals surface area contributed by atoms with Crippen LogP contribution in [0.25, 0.3) is 0 Å². The monoisotopic (exact) mass is 438 g/mol. The van der Waals surface area contributed by atoms with Crippen molar-refractivity contribution >= 4 is 23.5 Å². The van der Waals surface area contributed by atoms with Crippen LogP contribution in [-0.4, -0.2) is 66.5 Å². The Labute approximate surface area is 181 Å². The summed E-state index contributed by atoms with van der Waals surface area (Å²) in [5, 5.41) is 29.2. The van der Waals surface area contributed by atoms with Gasteiger partial charge in [-0.3, -0.25) is 4.79 Å². The molecule has 2 rings (SSSR count). The maximum Gasteiger partial charge on any atom is 0.328 e. The Morgan fingerprint density at radius 1 is 1.32 bits per heavy atom. The summed E-state index contributed by atoms with van der Waals surface area (Å²) >= 11 is 0. The second kappa shape index (κ2) is 13.2. The number of nitrogens with zero attached hydrogens (tertiary/aromatic N) is 1. The summed E-state index contributed by atoms with van der Waals surface area (Å²) in [6, 6.07) is 5.87. The number of ether oxygens (including phenoxy) is 2. The lowest BCUT2D eigenvalue weighted by molar-refractivity contribution is -0.688. The molecule has 31 heavy (non-hydrogen) atoms. The van der Waals surface area contributed by atoms with E-state index in [4.69, 9.17) is 14.6 Å². The highest BCUT2D eigenvalue weighted by Crippen LogP contribution is 2.35. The zero-order valence-electron chi connectivity index (χ0n) is 17.9. The van der Waals surface area contributed by atoms with Crippen molar-refractivity contribution < 1.29 is 44.5 Å². The van der Waals surface area contributed by atoms with Gasteiger partial charge in [-0.1, -0.05) is 6.92 Å². The van der Waals surface area contributed by atoms with Crippen LogP contribution in [-0.2, 0) is 14.4 Å². The number of carboxylic acids is 2. The Balaban J connectivity index is 0.000000512. The van der Waals surface area contributed by atoms with E-state index in [2.05, 4.69) is 19.2 Å². The Kier molecular flexibility index (Phi) is 11.1. The van der Waals surface area contributed by atoms with Gasteiger partial charge in [0, 0.05) is 18.6 Å². The molecule has 0 bridgehead atoms. The van der Waals surface area contributed by atoms with Crippen molar-refractivity contribution in [3.63, 3.8) is 0 Å². The van der Waals surface area contributed by atoms with E-state index in [-0.39, 0.29) is 12.5 Å². The minimum atomic E-state index is -1.51. The van der Waals surface area contributed by atoms with Crippen molar-refractivity contribution in [2.24, 2.45) is 0 Å². The lowest BCUT2D eigenvalue weighted by atomic mass is 10.2. The molecule has 0 aliphatic carbocycles. The second-order valence-electron chi connectivity index (χ2n) is 7.05. The number of anilines is 1. The number of quaternary nitrogens is 1. The first-order valence-electron chi connectivity index (χ1n) is 9.97. The van der Waals surface area contributed by atoms with Crippen LogP contribution in [0.4, 0.5) is 5.69 Å². The number of aliphatic carboxylic acids is 2. The van der Waals surface area contributed by atoms with Gasteiger partial charge in [0.25, 0.3) is 0 Å². The number of benzene rings is 1. The van der Waals surface area contributed by atoms with Crippen LogP contribution in [0.5, 0.6) is 11.5 Å². The second-order valence-corrected chi connectivity index (χ2v) is 7.05. The van der Waals surface area contributed by atoms with Crippen molar-refractivity contribution in [1.29, 1.82) is 0 Å². The van der Waals surface area contributed by atoms with E-state index in [9.17, 15) is 24.6 Å². The van der Waals surface area contributed by atoms with Crippen LogP contribution in [0.15, 0.2) is 30.4 Å². The Bertz CT molecular complexity index is 763.